The summed E-state index contributed by atoms with van der Waals surface area (Å²) >= 11 is 6.34. The van der Waals surface area contributed by atoms with Crippen LogP contribution >= 0.6 is 11.6 Å². The summed E-state index contributed by atoms with van der Waals surface area (Å²) in [5.41, 5.74) is 6.87. The summed E-state index contributed by atoms with van der Waals surface area (Å²) < 4.78 is 0. The molecule has 0 saturated heterocycles. The average Bonchev–Trinajstić information content (AvgIpc) is 2.70. The lowest BCUT2D eigenvalue weighted by Crippen LogP contribution is -2.13. The third-order valence-corrected chi connectivity index (χ3v) is 5.37. The van der Waals surface area contributed by atoms with Crippen molar-refractivity contribution in [3.05, 3.63) is 94.0 Å². The van der Waals surface area contributed by atoms with Crippen LogP contribution in [-0.4, -0.2) is 10.9 Å². The molecule has 4 rings (SSSR count). The predicted octanol–water partition coefficient (Wildman–Crippen LogP) is 6.73. The molecule has 29 heavy (non-hydrogen) atoms. The van der Waals surface area contributed by atoms with Crippen molar-refractivity contribution in [1.29, 1.82) is 0 Å². The molecule has 0 atom stereocenters. The summed E-state index contributed by atoms with van der Waals surface area (Å²) in [6.45, 7) is 5.96. The van der Waals surface area contributed by atoms with Gasteiger partial charge in [-0.3, -0.25) is 4.79 Å². The van der Waals surface area contributed by atoms with Crippen LogP contribution in [-0.2, 0) is 0 Å². The van der Waals surface area contributed by atoms with Gasteiger partial charge >= 0.3 is 0 Å². The van der Waals surface area contributed by atoms with E-state index in [0.29, 0.717) is 10.6 Å². The first-order chi connectivity index (χ1) is 13.9. The minimum Gasteiger partial charge on any atom is -0.322 e. The maximum Gasteiger partial charge on any atom is 0.256 e. The molecule has 4 aromatic rings. The Morgan fingerprint density at radius 2 is 1.59 bits per heavy atom. The minimum atomic E-state index is -0.165. The Hall–Kier alpha value is -3.17. The van der Waals surface area contributed by atoms with E-state index in [0.717, 1.165) is 44.5 Å². The summed E-state index contributed by atoms with van der Waals surface area (Å²) in [5, 5.41) is 4.47. The number of anilines is 1. The van der Waals surface area contributed by atoms with Crippen molar-refractivity contribution < 1.29 is 4.79 Å². The molecule has 0 fully saturated rings. The lowest BCUT2D eigenvalue weighted by Gasteiger charge is -2.13. The van der Waals surface area contributed by atoms with Crippen molar-refractivity contribution in [3.63, 3.8) is 0 Å². The van der Waals surface area contributed by atoms with Gasteiger partial charge in [0, 0.05) is 21.7 Å². The number of hydrogen-bond acceptors (Lipinski definition) is 2. The second-order valence-corrected chi connectivity index (χ2v) is 7.73. The van der Waals surface area contributed by atoms with Gasteiger partial charge in [-0.1, -0.05) is 54.1 Å². The SMILES string of the molecule is Cc1cc(C)cc(NC(=O)c2cc(-c3ccccc3)nc3c(C)c(Cl)ccc23)c1. The fourth-order valence-electron chi connectivity index (χ4n) is 3.59. The van der Waals surface area contributed by atoms with Crippen LogP contribution in [0, 0.1) is 20.8 Å². The molecule has 0 unspecified atom stereocenters. The zero-order valence-corrected chi connectivity index (χ0v) is 17.3. The Morgan fingerprint density at radius 3 is 2.28 bits per heavy atom. The lowest BCUT2D eigenvalue weighted by atomic mass is 10.0. The van der Waals surface area contributed by atoms with Crippen LogP contribution in [0.15, 0.2) is 66.7 Å². The Bertz CT molecular complexity index is 1210. The number of carbonyl (C=O) groups excluding carboxylic acids is 1. The third-order valence-electron chi connectivity index (χ3n) is 4.96. The van der Waals surface area contributed by atoms with E-state index in [-0.39, 0.29) is 5.91 Å². The number of nitrogens with zero attached hydrogens (tertiary/aromatic N) is 1. The number of aromatic nitrogens is 1. The second kappa shape index (κ2) is 7.69. The molecule has 0 radical (unpaired) electrons. The van der Waals surface area contributed by atoms with Crippen LogP contribution in [0.4, 0.5) is 5.69 Å². The van der Waals surface area contributed by atoms with Gasteiger partial charge in [0.05, 0.1) is 16.8 Å². The minimum absolute atomic E-state index is 0.165. The Morgan fingerprint density at radius 1 is 0.897 bits per heavy atom. The first kappa shape index (κ1) is 19.2. The third kappa shape index (κ3) is 3.87. The molecule has 0 aliphatic heterocycles. The molecule has 0 aliphatic carbocycles. The monoisotopic (exact) mass is 400 g/mol. The maximum absolute atomic E-state index is 13.3. The normalized spacial score (nSPS) is 10.9. The molecule has 0 bridgehead atoms. The van der Waals surface area contributed by atoms with Crippen LogP contribution in [0.2, 0.25) is 5.02 Å². The fraction of sp³-hybridized carbons (Fsp3) is 0.120. The Kier molecular flexibility index (Phi) is 5.08. The van der Waals surface area contributed by atoms with E-state index in [1.54, 1.807) is 0 Å². The van der Waals surface area contributed by atoms with E-state index in [1.807, 2.05) is 81.4 Å². The van der Waals surface area contributed by atoms with E-state index in [9.17, 15) is 4.79 Å². The van der Waals surface area contributed by atoms with Gasteiger partial charge in [0.2, 0.25) is 0 Å². The van der Waals surface area contributed by atoms with E-state index in [1.165, 1.54) is 0 Å². The predicted molar refractivity (Wildman–Crippen MR) is 121 cm³/mol. The molecule has 3 nitrogen and oxygen atoms in total. The molecule has 0 aliphatic rings. The van der Waals surface area contributed by atoms with Gasteiger partial charge in [0.15, 0.2) is 0 Å². The van der Waals surface area contributed by atoms with Crippen molar-refractivity contribution in [2.45, 2.75) is 20.8 Å². The highest BCUT2D eigenvalue weighted by molar-refractivity contribution is 6.32. The largest absolute Gasteiger partial charge is 0.322 e. The van der Waals surface area contributed by atoms with Gasteiger partial charge in [-0.2, -0.15) is 0 Å². The summed E-state index contributed by atoms with van der Waals surface area (Å²) in [4.78, 5) is 18.1. The summed E-state index contributed by atoms with van der Waals surface area (Å²) in [7, 11) is 0. The number of hydrogen-bond donors (Lipinski definition) is 1. The zero-order chi connectivity index (χ0) is 20.5. The highest BCUT2D eigenvalue weighted by atomic mass is 35.5. The standard InChI is InChI=1S/C25H21ClN2O/c1-15-11-16(2)13-19(12-15)27-25(29)21-14-23(18-7-5-4-6-8-18)28-24-17(3)22(26)10-9-20(21)24/h4-14H,1-3H3,(H,27,29). The molecule has 3 aromatic carbocycles. The van der Waals surface area contributed by atoms with Gasteiger partial charge in [-0.25, -0.2) is 4.98 Å². The molecule has 0 saturated carbocycles. The number of aryl methyl sites for hydroxylation is 3. The quantitative estimate of drug-likeness (QED) is 0.414. The summed E-state index contributed by atoms with van der Waals surface area (Å²) in [6.07, 6.45) is 0. The molecule has 144 valence electrons. The van der Waals surface area contributed by atoms with E-state index in [4.69, 9.17) is 16.6 Å². The van der Waals surface area contributed by atoms with Gasteiger partial charge in [-0.15, -0.1) is 0 Å². The topological polar surface area (TPSA) is 42.0 Å². The van der Waals surface area contributed by atoms with Crippen LogP contribution in [0.1, 0.15) is 27.0 Å². The Labute approximate surface area is 175 Å². The van der Waals surface area contributed by atoms with Crippen molar-refractivity contribution in [3.8, 4) is 11.3 Å². The molecule has 4 heteroatoms. The number of pyridine rings is 1. The maximum atomic E-state index is 13.3. The molecule has 1 aromatic heterocycles. The van der Waals surface area contributed by atoms with Gasteiger partial charge in [-0.05, 0) is 61.7 Å². The van der Waals surface area contributed by atoms with Crippen molar-refractivity contribution in [2.24, 2.45) is 0 Å². The van der Waals surface area contributed by atoms with Crippen molar-refractivity contribution in [2.75, 3.05) is 5.32 Å². The second-order valence-electron chi connectivity index (χ2n) is 7.32. The number of benzene rings is 3. The molecular formula is C25H21ClN2O. The van der Waals surface area contributed by atoms with Crippen LogP contribution in [0.5, 0.6) is 0 Å². The van der Waals surface area contributed by atoms with Crippen molar-refractivity contribution >= 4 is 34.1 Å². The first-order valence-electron chi connectivity index (χ1n) is 9.47. The molecular weight excluding hydrogens is 380 g/mol. The summed E-state index contributed by atoms with van der Waals surface area (Å²) in [5.74, 6) is -0.165. The van der Waals surface area contributed by atoms with Crippen LogP contribution < -0.4 is 5.32 Å². The van der Waals surface area contributed by atoms with Gasteiger partial charge in [0.25, 0.3) is 5.91 Å². The van der Waals surface area contributed by atoms with Gasteiger partial charge < -0.3 is 5.32 Å². The number of amides is 1. The molecule has 1 heterocycles. The van der Waals surface area contributed by atoms with E-state index in [2.05, 4.69) is 11.4 Å². The molecule has 1 amide bonds. The van der Waals surface area contributed by atoms with E-state index >= 15 is 0 Å². The highest BCUT2D eigenvalue weighted by Gasteiger charge is 2.17. The van der Waals surface area contributed by atoms with Crippen molar-refractivity contribution in [1.82, 2.24) is 4.98 Å². The van der Waals surface area contributed by atoms with Gasteiger partial charge in [0.1, 0.15) is 0 Å². The average molecular weight is 401 g/mol. The number of carbonyl (C=O) groups is 1. The number of halogens is 1. The molecule has 1 N–H and O–H groups in total. The number of fused-ring (bicyclic) bond motifs is 1. The first-order valence-corrected chi connectivity index (χ1v) is 9.85. The number of nitrogens with one attached hydrogen (secondary N) is 1. The van der Waals surface area contributed by atoms with Crippen LogP contribution in [0.3, 0.4) is 0 Å². The van der Waals surface area contributed by atoms with Crippen LogP contribution in [0.25, 0.3) is 22.2 Å². The lowest BCUT2D eigenvalue weighted by molar-refractivity contribution is 0.102. The highest BCUT2D eigenvalue weighted by Crippen LogP contribution is 2.30. The fourth-order valence-corrected chi connectivity index (χ4v) is 3.75. The smallest absolute Gasteiger partial charge is 0.256 e. The molecule has 0 spiro atoms. The van der Waals surface area contributed by atoms with E-state index < -0.39 is 0 Å². The number of rotatable bonds is 3. The Balaban J connectivity index is 1.87. The summed E-state index contributed by atoms with van der Waals surface area (Å²) in [6, 6.07) is 21.4. The zero-order valence-electron chi connectivity index (χ0n) is 16.6.